The minimum absolute atomic E-state index is 0.0382. The number of benzene rings is 3. The summed E-state index contributed by atoms with van der Waals surface area (Å²) in [6.07, 6.45) is 0. The summed E-state index contributed by atoms with van der Waals surface area (Å²) in [6.45, 7) is 2.52. The molecule has 0 aliphatic carbocycles. The number of carbonyl (C=O) groups is 2. The number of methoxy groups -OCH3 is 1. The number of primary amides is 1. The maximum Gasteiger partial charge on any atom is 0.248 e. The lowest BCUT2D eigenvalue weighted by Crippen LogP contribution is -2.32. The number of anilines is 1. The van der Waals surface area contributed by atoms with Crippen LogP contribution in [0.25, 0.3) is 11.1 Å². The van der Waals surface area contributed by atoms with Crippen molar-refractivity contribution in [3.63, 3.8) is 0 Å². The van der Waals surface area contributed by atoms with Crippen LogP contribution in [-0.4, -0.2) is 37.7 Å². The molecule has 2 N–H and O–H groups in total. The molecule has 0 spiro atoms. The maximum absolute atomic E-state index is 12.7. The summed E-state index contributed by atoms with van der Waals surface area (Å²) in [5.41, 5.74) is 10.9. The first-order valence-electron chi connectivity index (χ1n) is 10.1. The van der Waals surface area contributed by atoms with Gasteiger partial charge in [0, 0.05) is 23.2 Å². The standard InChI is InChI=1S/C25H23N3O3/c1-3-28-22-12-9-17(16-7-10-20(31-2)11-8-16)14-21(22)24(27-15-23(28)29)18-5-4-6-19(13-18)25(26)30/h4-14H,3,15H2,1-2H3,(H2,26,30). The molecule has 156 valence electrons. The Morgan fingerprint density at radius 3 is 2.45 bits per heavy atom. The lowest BCUT2D eigenvalue weighted by atomic mass is 9.94. The maximum atomic E-state index is 12.7. The number of nitrogens with zero attached hydrogens (tertiary/aromatic N) is 2. The molecule has 0 aromatic heterocycles. The second kappa shape index (κ2) is 8.44. The first-order valence-corrected chi connectivity index (χ1v) is 10.1. The minimum atomic E-state index is -0.505. The Labute approximate surface area is 181 Å². The average molecular weight is 413 g/mol. The van der Waals surface area contributed by atoms with Gasteiger partial charge in [0.25, 0.3) is 0 Å². The molecule has 0 bridgehead atoms. The van der Waals surface area contributed by atoms with Crippen molar-refractivity contribution >= 4 is 23.2 Å². The molecule has 0 saturated carbocycles. The van der Waals surface area contributed by atoms with Crippen molar-refractivity contribution in [1.82, 2.24) is 0 Å². The van der Waals surface area contributed by atoms with Crippen LogP contribution in [-0.2, 0) is 4.79 Å². The van der Waals surface area contributed by atoms with Crippen molar-refractivity contribution in [2.75, 3.05) is 25.1 Å². The number of nitrogens with two attached hydrogens (primary N) is 1. The van der Waals surface area contributed by atoms with Crippen molar-refractivity contribution in [2.24, 2.45) is 10.7 Å². The highest BCUT2D eigenvalue weighted by Crippen LogP contribution is 2.32. The Morgan fingerprint density at radius 2 is 1.77 bits per heavy atom. The first kappa shape index (κ1) is 20.3. The number of ether oxygens (including phenoxy) is 1. The van der Waals surface area contributed by atoms with Crippen LogP contribution in [0.15, 0.2) is 71.7 Å². The van der Waals surface area contributed by atoms with Crippen molar-refractivity contribution in [3.8, 4) is 16.9 Å². The molecular weight excluding hydrogens is 390 g/mol. The van der Waals surface area contributed by atoms with E-state index < -0.39 is 5.91 Å². The molecule has 6 heteroatoms. The molecule has 0 saturated heterocycles. The van der Waals surface area contributed by atoms with Gasteiger partial charge in [-0.05, 0) is 54.4 Å². The highest BCUT2D eigenvalue weighted by Gasteiger charge is 2.25. The third-order valence-electron chi connectivity index (χ3n) is 5.38. The number of amides is 2. The van der Waals surface area contributed by atoms with Gasteiger partial charge in [-0.15, -0.1) is 0 Å². The van der Waals surface area contributed by atoms with E-state index in [2.05, 4.69) is 4.99 Å². The Bertz CT molecular complexity index is 1180. The Balaban J connectivity index is 1.89. The van der Waals surface area contributed by atoms with Gasteiger partial charge >= 0.3 is 0 Å². The van der Waals surface area contributed by atoms with Crippen LogP contribution < -0.4 is 15.4 Å². The van der Waals surface area contributed by atoms with Gasteiger partial charge in [-0.1, -0.05) is 30.3 Å². The summed E-state index contributed by atoms with van der Waals surface area (Å²) in [5.74, 6) is 0.211. The highest BCUT2D eigenvalue weighted by molar-refractivity contribution is 6.20. The topological polar surface area (TPSA) is 85.0 Å². The molecule has 6 nitrogen and oxygen atoms in total. The van der Waals surface area contributed by atoms with Gasteiger partial charge in [0.1, 0.15) is 12.3 Å². The zero-order valence-electron chi connectivity index (χ0n) is 17.5. The van der Waals surface area contributed by atoms with Crippen LogP contribution >= 0.6 is 0 Å². The summed E-state index contributed by atoms with van der Waals surface area (Å²) in [5, 5.41) is 0. The Kier molecular flexibility index (Phi) is 5.54. The van der Waals surface area contributed by atoms with Crippen LogP contribution in [0.4, 0.5) is 5.69 Å². The molecule has 0 radical (unpaired) electrons. The van der Waals surface area contributed by atoms with Gasteiger partial charge in [0.05, 0.1) is 18.5 Å². The van der Waals surface area contributed by atoms with Crippen LogP contribution in [0.1, 0.15) is 28.4 Å². The Hall–Kier alpha value is -3.93. The molecule has 1 aliphatic rings. The highest BCUT2D eigenvalue weighted by atomic mass is 16.5. The van der Waals surface area contributed by atoms with Crippen molar-refractivity contribution in [2.45, 2.75) is 6.92 Å². The predicted octanol–water partition coefficient (Wildman–Crippen LogP) is 3.67. The lowest BCUT2D eigenvalue weighted by molar-refractivity contribution is -0.117. The molecule has 0 atom stereocenters. The SMILES string of the molecule is CCN1C(=O)CN=C(c2cccc(C(N)=O)c2)c2cc(-c3ccc(OC)cc3)ccc21. The molecule has 31 heavy (non-hydrogen) atoms. The second-order valence-corrected chi connectivity index (χ2v) is 7.21. The number of hydrogen-bond acceptors (Lipinski definition) is 4. The summed E-state index contributed by atoms with van der Waals surface area (Å²) >= 11 is 0. The number of hydrogen-bond donors (Lipinski definition) is 1. The van der Waals surface area contributed by atoms with Crippen molar-refractivity contribution in [3.05, 3.63) is 83.4 Å². The number of carbonyl (C=O) groups excluding carboxylic acids is 2. The fraction of sp³-hybridized carbons (Fsp3) is 0.160. The molecule has 0 fully saturated rings. The van der Waals surface area contributed by atoms with Crippen LogP contribution in [0, 0.1) is 0 Å². The van der Waals surface area contributed by atoms with Crippen molar-refractivity contribution < 1.29 is 14.3 Å². The number of likely N-dealkylation sites (N-methyl/N-ethyl adjacent to an activating group) is 1. The van der Waals surface area contributed by atoms with E-state index in [1.54, 1.807) is 30.2 Å². The summed E-state index contributed by atoms with van der Waals surface area (Å²) < 4.78 is 5.26. The average Bonchev–Trinajstić information content (AvgIpc) is 2.94. The number of benzodiazepines with no additional fused rings is 1. The third-order valence-corrected chi connectivity index (χ3v) is 5.38. The number of fused-ring (bicyclic) bond motifs is 1. The van der Waals surface area contributed by atoms with E-state index in [0.717, 1.165) is 33.7 Å². The lowest BCUT2D eigenvalue weighted by Gasteiger charge is -2.22. The van der Waals surface area contributed by atoms with Gasteiger partial charge in [0.2, 0.25) is 11.8 Å². The largest absolute Gasteiger partial charge is 0.497 e. The second-order valence-electron chi connectivity index (χ2n) is 7.21. The smallest absolute Gasteiger partial charge is 0.248 e. The van der Waals surface area contributed by atoms with E-state index in [1.165, 1.54) is 0 Å². The zero-order valence-corrected chi connectivity index (χ0v) is 17.5. The van der Waals surface area contributed by atoms with Gasteiger partial charge in [-0.3, -0.25) is 14.6 Å². The zero-order chi connectivity index (χ0) is 22.0. The predicted molar refractivity (Wildman–Crippen MR) is 122 cm³/mol. The molecule has 1 aliphatic heterocycles. The van der Waals surface area contributed by atoms with Gasteiger partial charge in [-0.25, -0.2) is 0 Å². The third kappa shape index (κ3) is 3.92. The van der Waals surface area contributed by atoms with E-state index in [9.17, 15) is 9.59 Å². The van der Waals surface area contributed by atoms with E-state index in [0.29, 0.717) is 17.8 Å². The number of aliphatic imine (C=N–C) groups is 1. The van der Waals surface area contributed by atoms with Gasteiger partial charge < -0.3 is 15.4 Å². The molecular formula is C25H23N3O3. The molecule has 3 aromatic rings. The van der Waals surface area contributed by atoms with Gasteiger partial charge in [0.15, 0.2) is 0 Å². The van der Waals surface area contributed by atoms with Crippen LogP contribution in [0.2, 0.25) is 0 Å². The molecule has 0 unspecified atom stereocenters. The number of rotatable bonds is 5. The molecule has 2 amide bonds. The van der Waals surface area contributed by atoms with E-state index in [-0.39, 0.29) is 12.5 Å². The monoisotopic (exact) mass is 413 g/mol. The molecule has 3 aromatic carbocycles. The minimum Gasteiger partial charge on any atom is -0.497 e. The molecule has 1 heterocycles. The summed E-state index contributed by atoms with van der Waals surface area (Å²) in [4.78, 5) is 30.8. The Morgan fingerprint density at radius 1 is 1.03 bits per heavy atom. The fourth-order valence-electron chi connectivity index (χ4n) is 3.79. The normalized spacial score (nSPS) is 13.3. The van der Waals surface area contributed by atoms with E-state index in [4.69, 9.17) is 10.5 Å². The van der Waals surface area contributed by atoms with Crippen molar-refractivity contribution in [1.29, 1.82) is 0 Å². The molecule has 4 rings (SSSR count). The first-order chi connectivity index (χ1) is 15.0. The van der Waals surface area contributed by atoms with E-state index >= 15 is 0 Å². The van der Waals surface area contributed by atoms with Gasteiger partial charge in [-0.2, -0.15) is 0 Å². The fourth-order valence-corrected chi connectivity index (χ4v) is 3.79. The van der Waals surface area contributed by atoms with Crippen LogP contribution in [0.3, 0.4) is 0 Å². The quantitative estimate of drug-likeness (QED) is 0.693. The van der Waals surface area contributed by atoms with E-state index in [1.807, 2.05) is 55.5 Å². The summed E-state index contributed by atoms with van der Waals surface area (Å²) in [7, 11) is 1.64. The summed E-state index contributed by atoms with van der Waals surface area (Å²) in [6, 6.07) is 20.8. The van der Waals surface area contributed by atoms with Crippen LogP contribution in [0.5, 0.6) is 5.75 Å².